The fourth-order valence-corrected chi connectivity index (χ4v) is 4.70. The van der Waals surface area contributed by atoms with Crippen LogP contribution in [-0.4, -0.2) is 73.8 Å². The average molecular weight is 490 g/mol. The van der Waals surface area contributed by atoms with Gasteiger partial charge in [0.15, 0.2) is 0 Å². The number of urea groups is 1. The number of carbonyl (C=O) groups excluding carboxylic acids is 2. The zero-order valence-electron chi connectivity index (χ0n) is 21.1. The molecule has 2 aliphatic heterocycles. The topological polar surface area (TPSA) is 94.9 Å². The molecule has 2 saturated heterocycles. The molecule has 2 aromatic carbocycles. The summed E-state index contributed by atoms with van der Waals surface area (Å²) in [4.78, 5) is 31.9. The number of hydrogen-bond donors (Lipinski definition) is 2. The minimum absolute atomic E-state index is 0.0311. The Morgan fingerprint density at radius 2 is 1.69 bits per heavy atom. The van der Waals surface area contributed by atoms with E-state index in [1.807, 2.05) is 56.3 Å². The molecule has 0 radical (unpaired) electrons. The van der Waals surface area contributed by atoms with E-state index in [2.05, 4.69) is 38.7 Å². The normalized spacial score (nSPS) is 17.4. The molecule has 9 heteroatoms. The third-order valence-corrected chi connectivity index (χ3v) is 6.75. The van der Waals surface area contributed by atoms with Crippen LogP contribution < -0.4 is 20.5 Å². The van der Waals surface area contributed by atoms with Crippen LogP contribution in [0.25, 0.3) is 0 Å². The maximum absolute atomic E-state index is 12.9. The molecule has 1 unspecified atom stereocenters. The van der Waals surface area contributed by atoms with Crippen molar-refractivity contribution in [3.8, 4) is 6.07 Å². The number of rotatable bonds is 9. The fourth-order valence-electron chi connectivity index (χ4n) is 4.70. The standard InChI is InChI=1S/C27H35N7O2/c1-21(2)34-27(36)33(20-30-34)24-11-9-23(10-12-24)32-17-15-31(16-18-32)19-25(22-7-4-3-5-8-22)26(35)29-14-6-13-28/h3-5,7-12,21,25,30H,6,14-20H2,1-2H3,(H,29,35). The maximum atomic E-state index is 12.9. The number of carbonyl (C=O) groups is 2. The molecule has 0 aromatic heterocycles. The second-order valence-electron chi connectivity index (χ2n) is 9.46. The van der Waals surface area contributed by atoms with Gasteiger partial charge in [-0.1, -0.05) is 30.3 Å². The number of hydrogen-bond acceptors (Lipinski definition) is 6. The van der Waals surface area contributed by atoms with Crippen molar-refractivity contribution in [1.29, 1.82) is 5.26 Å². The Bertz CT molecular complexity index is 1060. The molecule has 0 saturated carbocycles. The fraction of sp³-hybridized carbons (Fsp3) is 0.444. The summed E-state index contributed by atoms with van der Waals surface area (Å²) in [5, 5.41) is 13.4. The van der Waals surface area contributed by atoms with Crippen LogP contribution in [0.2, 0.25) is 0 Å². The summed E-state index contributed by atoms with van der Waals surface area (Å²) in [7, 11) is 0. The molecule has 0 aliphatic carbocycles. The molecule has 4 rings (SSSR count). The van der Waals surface area contributed by atoms with Crippen LogP contribution in [0.1, 0.15) is 31.7 Å². The van der Waals surface area contributed by atoms with Gasteiger partial charge in [0.25, 0.3) is 0 Å². The second kappa shape index (κ2) is 11.9. The number of amides is 3. The molecule has 2 fully saturated rings. The Kier molecular flexibility index (Phi) is 8.41. The van der Waals surface area contributed by atoms with Gasteiger partial charge < -0.3 is 10.2 Å². The average Bonchev–Trinajstić information content (AvgIpc) is 3.30. The van der Waals surface area contributed by atoms with E-state index >= 15 is 0 Å². The molecule has 2 aromatic rings. The predicted octanol–water partition coefficient (Wildman–Crippen LogP) is 2.73. The third-order valence-electron chi connectivity index (χ3n) is 6.75. The lowest BCUT2D eigenvalue weighted by molar-refractivity contribution is -0.123. The number of piperazine rings is 1. The zero-order valence-corrected chi connectivity index (χ0v) is 21.1. The van der Waals surface area contributed by atoms with E-state index in [1.54, 1.807) is 9.91 Å². The zero-order chi connectivity index (χ0) is 25.5. The van der Waals surface area contributed by atoms with Gasteiger partial charge in [0.05, 0.1) is 25.1 Å². The van der Waals surface area contributed by atoms with E-state index in [0.717, 1.165) is 43.1 Å². The summed E-state index contributed by atoms with van der Waals surface area (Å²) in [5.74, 6) is -0.302. The first-order valence-electron chi connectivity index (χ1n) is 12.6. The number of anilines is 2. The van der Waals surface area contributed by atoms with Crippen molar-refractivity contribution in [2.75, 3.05) is 55.7 Å². The van der Waals surface area contributed by atoms with Crippen molar-refractivity contribution < 1.29 is 9.59 Å². The van der Waals surface area contributed by atoms with Crippen molar-refractivity contribution in [2.45, 2.75) is 32.2 Å². The lowest BCUT2D eigenvalue weighted by Crippen LogP contribution is -2.49. The van der Waals surface area contributed by atoms with Crippen LogP contribution in [-0.2, 0) is 4.79 Å². The van der Waals surface area contributed by atoms with Crippen LogP contribution in [0.5, 0.6) is 0 Å². The molecule has 3 amide bonds. The van der Waals surface area contributed by atoms with E-state index < -0.39 is 0 Å². The van der Waals surface area contributed by atoms with E-state index in [4.69, 9.17) is 5.26 Å². The predicted molar refractivity (Wildman–Crippen MR) is 140 cm³/mol. The molecule has 1 atom stereocenters. The Morgan fingerprint density at radius 3 is 2.31 bits per heavy atom. The lowest BCUT2D eigenvalue weighted by Gasteiger charge is -2.37. The van der Waals surface area contributed by atoms with E-state index in [1.165, 1.54) is 0 Å². The molecule has 2 aliphatic rings. The Hall–Kier alpha value is -3.61. The van der Waals surface area contributed by atoms with Crippen molar-refractivity contribution in [1.82, 2.24) is 20.7 Å². The van der Waals surface area contributed by atoms with Gasteiger partial charge in [-0.15, -0.1) is 0 Å². The van der Waals surface area contributed by atoms with E-state index in [-0.39, 0.29) is 23.9 Å². The van der Waals surface area contributed by atoms with Crippen LogP contribution >= 0.6 is 0 Å². The summed E-state index contributed by atoms with van der Waals surface area (Å²) in [6.07, 6.45) is 0.309. The number of nitrogens with zero attached hydrogens (tertiary/aromatic N) is 5. The molecule has 2 N–H and O–H groups in total. The molecule has 0 spiro atoms. The van der Waals surface area contributed by atoms with Crippen LogP contribution in [0.3, 0.4) is 0 Å². The summed E-state index contributed by atoms with van der Waals surface area (Å²) < 4.78 is 0. The van der Waals surface area contributed by atoms with Crippen molar-refractivity contribution >= 4 is 23.3 Å². The highest BCUT2D eigenvalue weighted by Crippen LogP contribution is 2.25. The molecule has 0 bridgehead atoms. The number of benzene rings is 2. The molecule has 9 nitrogen and oxygen atoms in total. The monoisotopic (exact) mass is 489 g/mol. The van der Waals surface area contributed by atoms with Gasteiger partial charge in [-0.25, -0.2) is 10.2 Å². The largest absolute Gasteiger partial charge is 0.369 e. The van der Waals surface area contributed by atoms with Crippen LogP contribution in [0.4, 0.5) is 16.2 Å². The first-order chi connectivity index (χ1) is 17.5. The Morgan fingerprint density at radius 1 is 1.03 bits per heavy atom. The minimum atomic E-state index is -0.271. The first kappa shape index (κ1) is 25.5. The van der Waals surface area contributed by atoms with Gasteiger partial charge >= 0.3 is 6.03 Å². The van der Waals surface area contributed by atoms with Gasteiger partial charge in [0.2, 0.25) is 5.91 Å². The van der Waals surface area contributed by atoms with E-state index in [0.29, 0.717) is 26.2 Å². The molecule has 2 heterocycles. The van der Waals surface area contributed by atoms with Crippen LogP contribution in [0, 0.1) is 11.3 Å². The van der Waals surface area contributed by atoms with Crippen molar-refractivity contribution in [2.24, 2.45) is 0 Å². The second-order valence-corrected chi connectivity index (χ2v) is 9.46. The first-order valence-corrected chi connectivity index (χ1v) is 12.6. The molecule has 36 heavy (non-hydrogen) atoms. The minimum Gasteiger partial charge on any atom is -0.369 e. The quantitative estimate of drug-likeness (QED) is 0.526. The highest BCUT2D eigenvalue weighted by Gasteiger charge is 2.31. The SMILES string of the molecule is CC(C)N1NCN(c2ccc(N3CCN(CC(C(=O)NCCC#N)c4ccccc4)CC3)cc2)C1=O. The Labute approximate surface area is 213 Å². The van der Waals surface area contributed by atoms with Crippen molar-refractivity contribution in [3.63, 3.8) is 0 Å². The summed E-state index contributed by atoms with van der Waals surface area (Å²) >= 11 is 0. The number of nitrogens with one attached hydrogen (secondary N) is 2. The third kappa shape index (κ3) is 5.96. The van der Waals surface area contributed by atoms with Gasteiger partial charge in [-0.3, -0.25) is 19.6 Å². The molecule has 190 valence electrons. The summed E-state index contributed by atoms with van der Waals surface area (Å²) in [6.45, 7) is 8.90. The highest BCUT2D eigenvalue weighted by molar-refractivity contribution is 5.93. The van der Waals surface area contributed by atoms with Gasteiger partial charge in [0, 0.05) is 56.7 Å². The number of nitriles is 1. The lowest BCUT2D eigenvalue weighted by atomic mass is 9.97. The van der Waals surface area contributed by atoms with Gasteiger partial charge in [-0.05, 0) is 43.7 Å². The molecular weight excluding hydrogens is 454 g/mol. The van der Waals surface area contributed by atoms with E-state index in [9.17, 15) is 9.59 Å². The highest BCUT2D eigenvalue weighted by atomic mass is 16.2. The Balaban J connectivity index is 1.34. The van der Waals surface area contributed by atoms with Crippen molar-refractivity contribution in [3.05, 3.63) is 60.2 Å². The maximum Gasteiger partial charge on any atom is 0.340 e. The number of hydrazine groups is 1. The molecular formula is C27H35N7O2. The summed E-state index contributed by atoms with van der Waals surface area (Å²) in [6, 6.07) is 20.2. The van der Waals surface area contributed by atoms with Gasteiger partial charge in [-0.2, -0.15) is 5.26 Å². The van der Waals surface area contributed by atoms with Crippen LogP contribution in [0.15, 0.2) is 54.6 Å². The summed E-state index contributed by atoms with van der Waals surface area (Å²) in [5.41, 5.74) is 6.14. The smallest absolute Gasteiger partial charge is 0.340 e. The van der Waals surface area contributed by atoms with Gasteiger partial charge in [0.1, 0.15) is 0 Å².